The molecule has 0 aliphatic rings. The van der Waals surface area contributed by atoms with Crippen LogP contribution >= 0.6 is 0 Å². The molecule has 3 nitrogen and oxygen atoms in total. The molecule has 3 aromatic carbocycles. The van der Waals surface area contributed by atoms with Crippen molar-refractivity contribution >= 4 is 33.0 Å². The smallest absolute Gasteiger partial charge is 0.182 e. The topological polar surface area (TPSA) is 46.0 Å². The highest BCUT2D eigenvalue weighted by Crippen LogP contribution is 2.38. The van der Waals surface area contributed by atoms with Crippen molar-refractivity contribution in [3.63, 3.8) is 0 Å². The lowest BCUT2D eigenvalue weighted by molar-refractivity contribution is 0.669. The minimum absolute atomic E-state index is 0.0487. The molecule has 1 N–H and O–H groups in total. The van der Waals surface area contributed by atoms with Gasteiger partial charge in [-0.1, -0.05) is 48.5 Å². The third-order valence-electron chi connectivity index (χ3n) is 4.41. The zero-order chi connectivity index (χ0) is 16.1. The Hall–Kier alpha value is -3.33. The molecule has 0 saturated carbocycles. The molecule has 0 fully saturated rings. The average Bonchev–Trinajstić information content (AvgIpc) is 2.97. The highest BCUT2D eigenvalue weighted by molar-refractivity contribution is 6.14. The van der Waals surface area contributed by atoms with E-state index >= 15 is 0 Å². The minimum atomic E-state index is -0.0487. The molecule has 24 heavy (non-hydrogen) atoms. The molecule has 5 aromatic rings. The second-order valence-electron chi connectivity index (χ2n) is 5.88. The van der Waals surface area contributed by atoms with Crippen molar-refractivity contribution in [1.29, 1.82) is 0 Å². The number of nitrogens with one attached hydrogen (secondary N) is 1. The molecule has 5 rings (SSSR count). The van der Waals surface area contributed by atoms with Gasteiger partial charge in [-0.25, -0.2) is 0 Å². The number of aromatic amines is 1. The summed E-state index contributed by atoms with van der Waals surface area (Å²) >= 11 is 0. The lowest BCUT2D eigenvalue weighted by atomic mass is 9.99. The fourth-order valence-electron chi connectivity index (χ4n) is 3.34. The highest BCUT2D eigenvalue weighted by atomic mass is 16.3. The van der Waals surface area contributed by atoms with E-state index in [1.54, 1.807) is 12.1 Å². The van der Waals surface area contributed by atoms with Crippen LogP contribution in [0.15, 0.2) is 82.0 Å². The van der Waals surface area contributed by atoms with Gasteiger partial charge in [0, 0.05) is 27.9 Å². The Labute approximate surface area is 137 Å². The van der Waals surface area contributed by atoms with Gasteiger partial charge in [0.05, 0.1) is 5.52 Å². The van der Waals surface area contributed by atoms with Gasteiger partial charge in [0.15, 0.2) is 11.0 Å². The monoisotopic (exact) mass is 311 g/mol. The largest absolute Gasteiger partial charge is 0.454 e. The number of pyridine rings is 1. The van der Waals surface area contributed by atoms with Crippen molar-refractivity contribution in [3.8, 4) is 11.1 Å². The number of furan rings is 1. The predicted molar refractivity (Wildman–Crippen MR) is 97.3 cm³/mol. The molecule has 114 valence electrons. The normalized spacial score (nSPS) is 11.5. The Balaban J connectivity index is 2.06. The van der Waals surface area contributed by atoms with Crippen molar-refractivity contribution in [2.45, 2.75) is 0 Å². The second kappa shape index (κ2) is 4.83. The van der Waals surface area contributed by atoms with Gasteiger partial charge in [-0.05, 0) is 23.8 Å². The summed E-state index contributed by atoms with van der Waals surface area (Å²) < 4.78 is 6.10. The third-order valence-corrected chi connectivity index (χ3v) is 4.41. The summed E-state index contributed by atoms with van der Waals surface area (Å²) in [7, 11) is 0. The first-order valence-corrected chi connectivity index (χ1v) is 7.84. The van der Waals surface area contributed by atoms with E-state index in [0.29, 0.717) is 5.58 Å². The van der Waals surface area contributed by atoms with Gasteiger partial charge < -0.3 is 9.40 Å². The minimum Gasteiger partial charge on any atom is -0.454 e. The molecule has 2 heterocycles. The van der Waals surface area contributed by atoms with Crippen LogP contribution in [0.2, 0.25) is 0 Å². The summed E-state index contributed by atoms with van der Waals surface area (Å²) in [5, 5.41) is 2.02. The molecule has 0 saturated heterocycles. The Bertz CT molecular complexity index is 1260. The third kappa shape index (κ3) is 1.82. The Morgan fingerprint density at radius 2 is 1.58 bits per heavy atom. The number of hydrogen-bond donors (Lipinski definition) is 1. The highest BCUT2D eigenvalue weighted by Gasteiger charge is 2.16. The summed E-state index contributed by atoms with van der Waals surface area (Å²) in [5.74, 6) is 0. The standard InChI is InChI=1S/C21H13NO2/c23-14-10-11-16-18(12-14)24-21-19(13-6-2-1-3-7-13)15-8-4-5-9-17(15)22-20(16)21/h1-12,22H. The van der Waals surface area contributed by atoms with Crippen molar-refractivity contribution in [2.75, 3.05) is 0 Å². The SMILES string of the molecule is O=c1ccc2c(c1)oc1c(-c3ccccc3)c3ccccc3[nH]c12. The maximum Gasteiger partial charge on any atom is 0.182 e. The van der Waals surface area contributed by atoms with Crippen LogP contribution < -0.4 is 5.43 Å². The van der Waals surface area contributed by atoms with Crippen LogP contribution in [0.3, 0.4) is 0 Å². The summed E-state index contributed by atoms with van der Waals surface area (Å²) in [5.41, 5.74) is 5.44. The first kappa shape index (κ1) is 13.1. The van der Waals surface area contributed by atoms with E-state index < -0.39 is 0 Å². The average molecular weight is 311 g/mol. The summed E-state index contributed by atoms with van der Waals surface area (Å²) in [6.45, 7) is 0. The van der Waals surface area contributed by atoms with Crippen LogP contribution in [0, 0.1) is 0 Å². The lowest BCUT2D eigenvalue weighted by Crippen LogP contribution is -1.92. The molecule has 0 bridgehead atoms. The Kier molecular flexibility index (Phi) is 2.65. The number of rotatable bonds is 1. The number of hydrogen-bond acceptors (Lipinski definition) is 2. The van der Waals surface area contributed by atoms with Crippen LogP contribution in [-0.2, 0) is 0 Å². The van der Waals surface area contributed by atoms with E-state index in [0.717, 1.165) is 38.5 Å². The van der Waals surface area contributed by atoms with Gasteiger partial charge in [0.2, 0.25) is 0 Å². The lowest BCUT2D eigenvalue weighted by Gasteiger charge is -2.08. The first-order chi connectivity index (χ1) is 11.8. The Morgan fingerprint density at radius 1 is 0.792 bits per heavy atom. The van der Waals surface area contributed by atoms with E-state index in [4.69, 9.17) is 4.42 Å². The van der Waals surface area contributed by atoms with Crippen molar-refractivity contribution in [2.24, 2.45) is 0 Å². The number of fused-ring (bicyclic) bond motifs is 4. The molecular weight excluding hydrogens is 298 g/mol. The summed E-state index contributed by atoms with van der Waals surface area (Å²) in [4.78, 5) is 15.1. The maximum absolute atomic E-state index is 11.7. The van der Waals surface area contributed by atoms with E-state index in [1.807, 2.05) is 36.4 Å². The van der Waals surface area contributed by atoms with E-state index in [1.165, 1.54) is 0 Å². The molecule has 0 aliphatic carbocycles. The van der Waals surface area contributed by atoms with Crippen molar-refractivity contribution in [3.05, 3.63) is 83.0 Å². The number of para-hydroxylation sites is 1. The molecule has 0 unspecified atom stereocenters. The van der Waals surface area contributed by atoms with E-state index in [2.05, 4.69) is 29.2 Å². The number of aromatic nitrogens is 1. The van der Waals surface area contributed by atoms with Crippen LogP contribution in [0.25, 0.3) is 44.1 Å². The zero-order valence-electron chi connectivity index (χ0n) is 12.7. The van der Waals surface area contributed by atoms with E-state index in [-0.39, 0.29) is 5.43 Å². The molecule has 0 aliphatic heterocycles. The van der Waals surface area contributed by atoms with Gasteiger partial charge >= 0.3 is 0 Å². The van der Waals surface area contributed by atoms with Gasteiger partial charge in [0.1, 0.15) is 5.58 Å². The number of benzene rings is 3. The molecule has 3 heteroatoms. The molecule has 0 spiro atoms. The van der Waals surface area contributed by atoms with Crippen LogP contribution in [0.1, 0.15) is 0 Å². The van der Waals surface area contributed by atoms with Gasteiger partial charge in [0.25, 0.3) is 0 Å². The molecule has 0 radical (unpaired) electrons. The summed E-state index contributed by atoms with van der Waals surface area (Å²) in [6, 6.07) is 23.3. The van der Waals surface area contributed by atoms with Gasteiger partial charge in [-0.15, -0.1) is 0 Å². The van der Waals surface area contributed by atoms with Crippen molar-refractivity contribution in [1.82, 2.24) is 4.98 Å². The predicted octanol–water partition coefficient (Wildman–Crippen LogP) is 5.09. The fourth-order valence-corrected chi connectivity index (χ4v) is 3.34. The zero-order valence-corrected chi connectivity index (χ0v) is 12.7. The molecular formula is C21H13NO2. The van der Waals surface area contributed by atoms with Crippen LogP contribution in [0.4, 0.5) is 0 Å². The molecule has 0 atom stereocenters. The van der Waals surface area contributed by atoms with Gasteiger partial charge in [-0.2, -0.15) is 0 Å². The van der Waals surface area contributed by atoms with E-state index in [9.17, 15) is 4.79 Å². The number of H-pyrrole nitrogens is 1. The quantitative estimate of drug-likeness (QED) is 0.468. The molecule has 2 aromatic heterocycles. The first-order valence-electron chi connectivity index (χ1n) is 7.84. The molecule has 0 amide bonds. The maximum atomic E-state index is 11.7. The fraction of sp³-hybridized carbons (Fsp3) is 0. The second-order valence-corrected chi connectivity index (χ2v) is 5.88. The van der Waals surface area contributed by atoms with Crippen LogP contribution in [0.5, 0.6) is 0 Å². The van der Waals surface area contributed by atoms with Gasteiger partial charge in [-0.3, -0.25) is 4.79 Å². The van der Waals surface area contributed by atoms with Crippen LogP contribution in [-0.4, -0.2) is 4.98 Å². The Morgan fingerprint density at radius 3 is 2.46 bits per heavy atom. The summed E-state index contributed by atoms with van der Waals surface area (Å²) in [6.07, 6.45) is 0. The van der Waals surface area contributed by atoms with Crippen molar-refractivity contribution < 1.29 is 4.42 Å².